The van der Waals surface area contributed by atoms with Crippen molar-refractivity contribution >= 4 is 23.2 Å². The van der Waals surface area contributed by atoms with Crippen molar-refractivity contribution in [3.05, 3.63) is 41.5 Å². The van der Waals surface area contributed by atoms with Crippen molar-refractivity contribution < 1.29 is 4.74 Å². The van der Waals surface area contributed by atoms with Gasteiger partial charge in [0, 0.05) is 26.2 Å². The molecule has 32 heavy (non-hydrogen) atoms. The van der Waals surface area contributed by atoms with Crippen molar-refractivity contribution in [2.75, 3.05) is 36.2 Å². The Labute approximate surface area is 192 Å². The van der Waals surface area contributed by atoms with Crippen LogP contribution in [0, 0.1) is 0 Å². The summed E-state index contributed by atoms with van der Waals surface area (Å²) in [6.45, 7) is 4.00. The molecule has 0 spiro atoms. The first kappa shape index (κ1) is 22.4. The average molecular weight is 436 g/mol. The molecule has 1 fully saturated rings. The highest BCUT2D eigenvalue weighted by molar-refractivity contribution is 5.85. The Morgan fingerprint density at radius 3 is 2.59 bits per heavy atom. The normalized spacial score (nSPS) is 17.8. The average Bonchev–Trinajstić information content (AvgIpc) is 2.84. The minimum absolute atomic E-state index is 0.472. The number of unbranched alkanes of at least 4 members (excludes halogenated alkanes) is 1. The van der Waals surface area contributed by atoms with Crippen LogP contribution in [0.15, 0.2) is 30.3 Å². The van der Waals surface area contributed by atoms with Crippen LogP contribution in [0.5, 0.6) is 5.75 Å². The number of hydrogen-bond donors (Lipinski definition) is 2. The molecule has 0 saturated heterocycles. The summed E-state index contributed by atoms with van der Waals surface area (Å²) in [5, 5.41) is 7.00. The first-order valence-electron chi connectivity index (χ1n) is 12.2. The van der Waals surface area contributed by atoms with Crippen LogP contribution >= 0.6 is 0 Å². The summed E-state index contributed by atoms with van der Waals surface area (Å²) in [6, 6.07) is 8.81. The van der Waals surface area contributed by atoms with Gasteiger partial charge in [0.1, 0.15) is 17.4 Å². The molecule has 1 saturated carbocycles. The maximum absolute atomic E-state index is 5.33. The Hall–Kier alpha value is -2.76. The molecule has 6 nitrogen and oxygen atoms in total. The van der Waals surface area contributed by atoms with Crippen molar-refractivity contribution in [1.82, 2.24) is 9.97 Å². The number of anilines is 3. The summed E-state index contributed by atoms with van der Waals surface area (Å²) in [6.07, 6.45) is 11.9. The van der Waals surface area contributed by atoms with E-state index < -0.39 is 0 Å². The van der Waals surface area contributed by atoms with Crippen LogP contribution in [0.4, 0.5) is 17.6 Å². The Kier molecular flexibility index (Phi) is 7.51. The van der Waals surface area contributed by atoms with Gasteiger partial charge in [0.15, 0.2) is 0 Å². The van der Waals surface area contributed by atoms with Gasteiger partial charge in [-0.1, -0.05) is 50.8 Å². The zero-order valence-corrected chi connectivity index (χ0v) is 19.8. The number of rotatable bonds is 8. The molecule has 1 aromatic heterocycles. The summed E-state index contributed by atoms with van der Waals surface area (Å²) in [4.78, 5) is 12.4. The molecule has 1 aliphatic carbocycles. The smallest absolute Gasteiger partial charge is 0.226 e. The number of benzene rings is 1. The van der Waals surface area contributed by atoms with Crippen LogP contribution in [-0.2, 0) is 6.54 Å². The highest BCUT2D eigenvalue weighted by Gasteiger charge is 2.27. The van der Waals surface area contributed by atoms with E-state index in [1.54, 1.807) is 7.11 Å². The van der Waals surface area contributed by atoms with E-state index >= 15 is 0 Å². The zero-order valence-electron chi connectivity index (χ0n) is 19.8. The number of aromatic nitrogens is 2. The summed E-state index contributed by atoms with van der Waals surface area (Å²) < 4.78 is 5.33. The fourth-order valence-corrected chi connectivity index (χ4v) is 4.76. The number of ether oxygens (including phenoxy) is 1. The molecule has 2 heterocycles. The van der Waals surface area contributed by atoms with Gasteiger partial charge < -0.3 is 20.3 Å². The summed E-state index contributed by atoms with van der Waals surface area (Å²) >= 11 is 0. The topological polar surface area (TPSA) is 62.3 Å². The van der Waals surface area contributed by atoms with Crippen LogP contribution in [0.1, 0.15) is 69.4 Å². The molecule has 0 atom stereocenters. The van der Waals surface area contributed by atoms with Crippen LogP contribution < -0.4 is 20.3 Å². The highest BCUT2D eigenvalue weighted by atomic mass is 16.5. The van der Waals surface area contributed by atoms with Crippen molar-refractivity contribution in [2.24, 2.45) is 0 Å². The summed E-state index contributed by atoms with van der Waals surface area (Å²) in [5.41, 5.74) is 3.78. The van der Waals surface area contributed by atoms with Crippen molar-refractivity contribution in [1.29, 1.82) is 0 Å². The quantitative estimate of drug-likeness (QED) is 0.541. The van der Waals surface area contributed by atoms with E-state index in [4.69, 9.17) is 14.7 Å². The van der Waals surface area contributed by atoms with Gasteiger partial charge in [0.25, 0.3) is 0 Å². The van der Waals surface area contributed by atoms with Crippen molar-refractivity contribution in [2.45, 2.75) is 70.9 Å². The molecule has 2 aliphatic rings. The Balaban J connectivity index is 1.68. The molecule has 0 unspecified atom stereocenters. The fraction of sp³-hybridized carbons (Fsp3) is 0.538. The minimum atomic E-state index is 0.472. The van der Waals surface area contributed by atoms with Gasteiger partial charge in [-0.25, -0.2) is 0 Å². The van der Waals surface area contributed by atoms with Gasteiger partial charge in [-0.15, -0.1) is 0 Å². The van der Waals surface area contributed by atoms with Crippen LogP contribution in [0.25, 0.3) is 5.57 Å². The molecule has 2 N–H and O–H groups in total. The van der Waals surface area contributed by atoms with Gasteiger partial charge in [-0.3, -0.25) is 0 Å². The Morgan fingerprint density at radius 2 is 1.91 bits per heavy atom. The first-order valence-corrected chi connectivity index (χ1v) is 12.2. The van der Waals surface area contributed by atoms with E-state index in [1.807, 2.05) is 19.2 Å². The molecule has 4 rings (SSSR count). The number of methoxy groups -OCH3 is 1. The van der Waals surface area contributed by atoms with E-state index in [1.165, 1.54) is 43.2 Å². The lowest BCUT2D eigenvalue weighted by Gasteiger charge is -2.33. The van der Waals surface area contributed by atoms with Crippen LogP contribution in [0.2, 0.25) is 0 Å². The fourth-order valence-electron chi connectivity index (χ4n) is 4.76. The molecule has 6 heteroatoms. The van der Waals surface area contributed by atoms with E-state index in [0.717, 1.165) is 61.2 Å². The standard InChI is InChI=1S/C26H37N5O/c1-4-5-9-20-16-17-31(18-19-12-14-22(32-3)15-13-19)25-23(20)24(27-2)29-26(30-25)28-21-10-7-6-8-11-21/h9,12-15,21H,4-8,10-11,16-18H2,1-3H3,(H2,27,28,29,30). The largest absolute Gasteiger partial charge is 0.497 e. The summed E-state index contributed by atoms with van der Waals surface area (Å²) in [5.74, 6) is 3.59. The Morgan fingerprint density at radius 1 is 1.12 bits per heavy atom. The maximum Gasteiger partial charge on any atom is 0.226 e. The molecular formula is C26H37N5O. The van der Waals surface area contributed by atoms with E-state index in [0.29, 0.717) is 6.04 Å². The molecule has 0 amide bonds. The van der Waals surface area contributed by atoms with Gasteiger partial charge in [-0.05, 0) is 49.0 Å². The number of nitrogens with one attached hydrogen (secondary N) is 2. The van der Waals surface area contributed by atoms with Crippen LogP contribution in [0.3, 0.4) is 0 Å². The zero-order chi connectivity index (χ0) is 22.3. The molecule has 2 aromatic rings. The third-order valence-corrected chi connectivity index (χ3v) is 6.55. The van der Waals surface area contributed by atoms with E-state index in [2.05, 4.69) is 40.7 Å². The molecule has 1 aliphatic heterocycles. The minimum Gasteiger partial charge on any atom is -0.497 e. The second-order valence-corrected chi connectivity index (χ2v) is 8.86. The second-order valence-electron chi connectivity index (χ2n) is 8.86. The first-order chi connectivity index (χ1) is 15.7. The highest BCUT2D eigenvalue weighted by Crippen LogP contribution is 2.39. The number of allylic oxidation sites excluding steroid dienone is 1. The molecule has 172 valence electrons. The lowest BCUT2D eigenvalue weighted by molar-refractivity contribution is 0.414. The van der Waals surface area contributed by atoms with Gasteiger partial charge in [0.2, 0.25) is 5.95 Å². The lowest BCUT2D eigenvalue weighted by atomic mass is 9.95. The number of nitrogens with zero attached hydrogens (tertiary/aromatic N) is 3. The van der Waals surface area contributed by atoms with Gasteiger partial charge in [0.05, 0.1) is 12.7 Å². The van der Waals surface area contributed by atoms with Gasteiger partial charge in [-0.2, -0.15) is 9.97 Å². The number of hydrogen-bond acceptors (Lipinski definition) is 6. The number of fused-ring (bicyclic) bond motifs is 1. The van der Waals surface area contributed by atoms with Crippen molar-refractivity contribution in [3.63, 3.8) is 0 Å². The van der Waals surface area contributed by atoms with Gasteiger partial charge >= 0.3 is 0 Å². The predicted octanol–water partition coefficient (Wildman–Crippen LogP) is 5.87. The Bertz CT molecular complexity index is 919. The monoisotopic (exact) mass is 435 g/mol. The SMILES string of the molecule is CCCC=C1CCN(Cc2ccc(OC)cc2)c2nc(NC3CCCCC3)nc(NC)c21. The van der Waals surface area contributed by atoms with Crippen LogP contribution in [-0.4, -0.2) is 36.7 Å². The lowest BCUT2D eigenvalue weighted by Crippen LogP contribution is -2.31. The molecule has 1 aromatic carbocycles. The third-order valence-electron chi connectivity index (χ3n) is 6.55. The molecule has 0 bridgehead atoms. The third kappa shape index (κ3) is 5.17. The molecule has 0 radical (unpaired) electrons. The summed E-state index contributed by atoms with van der Waals surface area (Å²) in [7, 11) is 3.67. The predicted molar refractivity (Wildman–Crippen MR) is 134 cm³/mol. The molecular weight excluding hydrogens is 398 g/mol. The maximum atomic E-state index is 5.33. The van der Waals surface area contributed by atoms with Crippen molar-refractivity contribution in [3.8, 4) is 5.75 Å². The van der Waals surface area contributed by atoms with E-state index in [-0.39, 0.29) is 0 Å². The second kappa shape index (κ2) is 10.7. The van der Waals surface area contributed by atoms with E-state index in [9.17, 15) is 0 Å².